The number of benzene rings is 9. The molecule has 0 atom stereocenters. The van der Waals surface area contributed by atoms with Gasteiger partial charge in [-0.15, -0.1) is 0 Å². The number of rotatable bonds is 5. The van der Waals surface area contributed by atoms with Gasteiger partial charge in [0.2, 0.25) is 0 Å². The van der Waals surface area contributed by atoms with Crippen LogP contribution >= 0.6 is 0 Å². The fourth-order valence-corrected chi connectivity index (χ4v) is 10.7. The van der Waals surface area contributed by atoms with Gasteiger partial charge in [0.15, 0.2) is 0 Å². The van der Waals surface area contributed by atoms with Crippen LogP contribution in [0.5, 0.6) is 0 Å². The maximum absolute atomic E-state index is 2.51. The molecule has 0 saturated carbocycles. The lowest BCUT2D eigenvalue weighted by atomic mass is 9.82. The average molecular weight is 766 g/mol. The second-order valence-electron chi connectivity index (χ2n) is 16.9. The summed E-state index contributed by atoms with van der Waals surface area (Å²) in [5.74, 6) is 0. The van der Waals surface area contributed by atoms with Crippen molar-refractivity contribution in [1.29, 1.82) is 0 Å². The van der Waals surface area contributed by atoms with Gasteiger partial charge in [-0.2, -0.15) is 0 Å². The summed E-state index contributed by atoms with van der Waals surface area (Å²) in [7, 11) is 0. The molecule has 3 aromatic heterocycles. The summed E-state index contributed by atoms with van der Waals surface area (Å²) in [5.41, 5.74) is 18.4. The maximum Gasteiger partial charge on any atom is 0.0782 e. The summed E-state index contributed by atoms with van der Waals surface area (Å²) >= 11 is 0. The Kier molecular flexibility index (Phi) is 6.78. The van der Waals surface area contributed by atoms with Crippen molar-refractivity contribution >= 4 is 77.0 Å². The second kappa shape index (κ2) is 12.2. The summed E-state index contributed by atoms with van der Waals surface area (Å²) in [6.07, 6.45) is 0. The molecule has 3 nitrogen and oxygen atoms in total. The Morgan fingerprint density at radius 1 is 0.383 bits per heavy atom. The molecule has 0 unspecified atom stereocenters. The van der Waals surface area contributed by atoms with Crippen molar-refractivity contribution in [2.45, 2.75) is 19.3 Å². The van der Waals surface area contributed by atoms with E-state index in [-0.39, 0.29) is 5.41 Å². The highest BCUT2D eigenvalue weighted by Crippen LogP contribution is 2.52. The number of nitrogens with zero attached hydrogens (tertiary/aromatic N) is 3. The summed E-state index contributed by atoms with van der Waals surface area (Å²) < 4.78 is 4.91. The van der Waals surface area contributed by atoms with Gasteiger partial charge in [0.1, 0.15) is 0 Å². The number of para-hydroxylation sites is 5. The van der Waals surface area contributed by atoms with Crippen molar-refractivity contribution in [3.8, 4) is 27.9 Å². The Balaban J connectivity index is 1.03. The molecule has 0 fully saturated rings. The van der Waals surface area contributed by atoms with Crippen molar-refractivity contribution in [2.75, 3.05) is 4.90 Å². The van der Waals surface area contributed by atoms with E-state index in [0.717, 1.165) is 22.7 Å². The molecular weight excluding hydrogens is 727 g/mol. The van der Waals surface area contributed by atoms with Gasteiger partial charge in [0.25, 0.3) is 0 Å². The predicted molar refractivity (Wildman–Crippen MR) is 253 cm³/mol. The molecule has 0 N–H and O–H groups in total. The van der Waals surface area contributed by atoms with Gasteiger partial charge >= 0.3 is 0 Å². The molecule has 1 aliphatic carbocycles. The van der Waals surface area contributed by atoms with E-state index in [9.17, 15) is 0 Å². The van der Waals surface area contributed by atoms with Crippen LogP contribution in [0.4, 0.5) is 17.1 Å². The van der Waals surface area contributed by atoms with E-state index in [1.54, 1.807) is 0 Å². The van der Waals surface area contributed by atoms with Gasteiger partial charge in [-0.3, -0.25) is 0 Å². The third-order valence-corrected chi connectivity index (χ3v) is 13.4. The van der Waals surface area contributed by atoms with Gasteiger partial charge in [-0.25, -0.2) is 0 Å². The van der Waals surface area contributed by atoms with E-state index in [0.29, 0.717) is 0 Å². The van der Waals surface area contributed by atoms with Crippen LogP contribution in [0, 0.1) is 0 Å². The Labute approximate surface area is 347 Å². The van der Waals surface area contributed by atoms with Gasteiger partial charge in [0.05, 0.1) is 33.3 Å². The van der Waals surface area contributed by atoms with Crippen molar-refractivity contribution in [2.24, 2.45) is 0 Å². The molecule has 0 aliphatic heterocycles. The largest absolute Gasteiger partial charge is 0.309 e. The van der Waals surface area contributed by atoms with Gasteiger partial charge in [0, 0.05) is 54.8 Å². The Morgan fingerprint density at radius 3 is 1.78 bits per heavy atom. The smallest absolute Gasteiger partial charge is 0.0782 e. The molecule has 12 aromatic rings. The van der Waals surface area contributed by atoms with Crippen LogP contribution in [0.15, 0.2) is 200 Å². The number of anilines is 3. The second-order valence-corrected chi connectivity index (χ2v) is 16.9. The minimum atomic E-state index is -0.0739. The van der Waals surface area contributed by atoms with Crippen LogP contribution in [0.3, 0.4) is 0 Å². The number of hydrogen-bond acceptors (Lipinski definition) is 1. The highest BCUT2D eigenvalue weighted by Gasteiger charge is 2.36. The van der Waals surface area contributed by atoms with Gasteiger partial charge < -0.3 is 13.9 Å². The lowest BCUT2D eigenvalue weighted by molar-refractivity contribution is 0.660. The quantitative estimate of drug-likeness (QED) is 0.170. The Hall–Kier alpha value is -7.62. The molecule has 60 heavy (non-hydrogen) atoms. The molecule has 0 spiro atoms. The lowest BCUT2D eigenvalue weighted by Gasteiger charge is -2.28. The van der Waals surface area contributed by atoms with E-state index >= 15 is 0 Å². The molecule has 0 radical (unpaired) electrons. The van der Waals surface area contributed by atoms with E-state index in [4.69, 9.17) is 0 Å². The first kappa shape index (κ1) is 33.4. The van der Waals surface area contributed by atoms with Crippen LogP contribution in [-0.4, -0.2) is 8.97 Å². The molecule has 9 aromatic carbocycles. The molecular formula is C57H39N3. The number of aromatic nitrogens is 2. The van der Waals surface area contributed by atoms with Crippen LogP contribution in [0.25, 0.3) is 87.8 Å². The summed E-state index contributed by atoms with van der Waals surface area (Å²) in [5, 5.41) is 7.64. The van der Waals surface area contributed by atoms with Crippen LogP contribution in [0.2, 0.25) is 0 Å². The zero-order valence-corrected chi connectivity index (χ0v) is 33.4. The number of hydrogen-bond donors (Lipinski definition) is 0. The van der Waals surface area contributed by atoms with Gasteiger partial charge in [-0.05, 0) is 94.0 Å². The lowest BCUT2D eigenvalue weighted by Crippen LogP contribution is -2.15. The normalized spacial score (nSPS) is 13.3. The molecule has 3 heterocycles. The zero-order valence-electron chi connectivity index (χ0n) is 33.4. The highest BCUT2D eigenvalue weighted by atomic mass is 15.2. The van der Waals surface area contributed by atoms with Crippen molar-refractivity contribution in [1.82, 2.24) is 8.97 Å². The standard InChI is InChI=1S/C57H39N3/c1-57(2)49-22-9-6-16-41(49)48-35-40(31-33-50(48)57)58(53-25-13-21-47-46-20-12-19-45-43-18-8-11-24-52(43)60(55(45)46)56(47)53)39-29-26-36(27-30-39)37-28-32-44-42-17-7-10-23-51(42)59(54(44)34-37)38-14-4-3-5-15-38/h3-35H,1-2H3. The molecule has 0 amide bonds. The molecule has 13 rings (SSSR count). The minimum Gasteiger partial charge on any atom is -0.309 e. The van der Waals surface area contributed by atoms with Crippen molar-refractivity contribution in [3.05, 3.63) is 211 Å². The SMILES string of the molecule is CC1(C)c2ccccc2-c2cc(N(c3ccc(-c4ccc5c6ccccc6n(-c6ccccc6)c5c4)cc3)c3cccc4c5cccc6c7ccccc7n(c34)c65)ccc21. The van der Waals surface area contributed by atoms with E-state index < -0.39 is 0 Å². The maximum atomic E-state index is 2.51. The van der Waals surface area contributed by atoms with Crippen LogP contribution in [0.1, 0.15) is 25.0 Å². The predicted octanol–water partition coefficient (Wildman–Crippen LogP) is 15.4. The molecule has 282 valence electrons. The molecule has 1 aliphatic rings. The van der Waals surface area contributed by atoms with Crippen LogP contribution in [-0.2, 0) is 5.41 Å². The Bertz CT molecular complexity index is 3680. The molecule has 3 heteroatoms. The van der Waals surface area contributed by atoms with Crippen molar-refractivity contribution in [3.63, 3.8) is 0 Å². The summed E-state index contributed by atoms with van der Waals surface area (Å²) in [6.45, 7) is 4.71. The fourth-order valence-electron chi connectivity index (χ4n) is 10.7. The third kappa shape index (κ3) is 4.49. The first-order valence-electron chi connectivity index (χ1n) is 20.9. The number of fused-ring (bicyclic) bond motifs is 12. The Morgan fingerprint density at radius 2 is 0.967 bits per heavy atom. The van der Waals surface area contributed by atoms with Gasteiger partial charge in [-0.1, -0.05) is 153 Å². The zero-order chi connectivity index (χ0) is 39.7. The molecule has 0 bridgehead atoms. The average Bonchev–Trinajstić information content (AvgIpc) is 4.00. The van der Waals surface area contributed by atoms with E-state index in [2.05, 4.69) is 228 Å². The van der Waals surface area contributed by atoms with Crippen LogP contribution < -0.4 is 4.90 Å². The topological polar surface area (TPSA) is 12.6 Å². The summed E-state index contributed by atoms with van der Waals surface area (Å²) in [4.78, 5) is 2.49. The summed E-state index contributed by atoms with van der Waals surface area (Å²) in [6, 6.07) is 74.1. The van der Waals surface area contributed by atoms with Crippen molar-refractivity contribution < 1.29 is 0 Å². The minimum absolute atomic E-state index is 0.0739. The molecule has 0 saturated heterocycles. The first-order chi connectivity index (χ1) is 29.5. The van der Waals surface area contributed by atoms with E-state index in [1.807, 2.05) is 0 Å². The monoisotopic (exact) mass is 765 g/mol. The first-order valence-corrected chi connectivity index (χ1v) is 20.9. The fraction of sp³-hybridized carbons (Fsp3) is 0.0526. The highest BCUT2D eigenvalue weighted by molar-refractivity contribution is 6.25. The van der Waals surface area contributed by atoms with E-state index in [1.165, 1.54) is 93.3 Å². The third-order valence-electron chi connectivity index (χ3n) is 13.4.